The molecule has 1 fully saturated rings. The second kappa shape index (κ2) is 4.85. The number of carbonyl (C=O) groups excluding carboxylic acids is 1. The Morgan fingerprint density at radius 3 is 2.11 bits per heavy atom. The van der Waals surface area contributed by atoms with E-state index in [-0.39, 0.29) is 0 Å². The van der Waals surface area contributed by atoms with E-state index in [0.29, 0.717) is 31.5 Å². The van der Waals surface area contributed by atoms with Crippen LogP contribution in [0.15, 0.2) is 24.3 Å². The zero-order valence-electron chi connectivity index (χ0n) is 10.3. The molecule has 1 aliphatic rings. The van der Waals surface area contributed by atoms with Crippen LogP contribution in [0.1, 0.15) is 24.0 Å². The van der Waals surface area contributed by atoms with Crippen LogP contribution >= 0.6 is 0 Å². The highest BCUT2D eigenvalue weighted by atomic mass is 19.4. The molecule has 3 N–H and O–H groups in total. The lowest BCUT2D eigenvalue weighted by Gasteiger charge is -2.35. The number of nitrogens with two attached hydrogens (primary N) is 1. The molecular weight excluding hydrogens is 257 g/mol. The van der Waals surface area contributed by atoms with Crippen LogP contribution in [0.4, 0.5) is 13.2 Å². The number of alkyl halides is 3. The second-order valence-corrected chi connectivity index (χ2v) is 4.77. The van der Waals surface area contributed by atoms with Gasteiger partial charge >= 0.3 is 6.18 Å². The van der Waals surface area contributed by atoms with E-state index in [1.54, 1.807) is 0 Å². The minimum Gasteiger partial charge on any atom is -0.369 e. The summed E-state index contributed by atoms with van der Waals surface area (Å²) >= 11 is 0. The van der Waals surface area contributed by atoms with E-state index in [1.165, 1.54) is 12.1 Å². The molecule has 1 aliphatic heterocycles. The highest BCUT2D eigenvalue weighted by Gasteiger charge is 2.40. The first kappa shape index (κ1) is 13.9. The van der Waals surface area contributed by atoms with Gasteiger partial charge in [0.15, 0.2) is 0 Å². The molecule has 19 heavy (non-hydrogen) atoms. The Kier molecular flexibility index (Phi) is 3.54. The first-order valence-electron chi connectivity index (χ1n) is 6.05. The average molecular weight is 272 g/mol. The number of primary amides is 1. The normalized spacial score (nSPS) is 19.1. The number of halogens is 3. The van der Waals surface area contributed by atoms with Gasteiger partial charge < -0.3 is 11.1 Å². The largest absolute Gasteiger partial charge is 0.416 e. The van der Waals surface area contributed by atoms with Crippen molar-refractivity contribution in [1.29, 1.82) is 0 Å². The maximum absolute atomic E-state index is 12.5. The molecule has 1 amide bonds. The van der Waals surface area contributed by atoms with Crippen molar-refractivity contribution in [3.8, 4) is 0 Å². The van der Waals surface area contributed by atoms with Crippen molar-refractivity contribution >= 4 is 5.91 Å². The van der Waals surface area contributed by atoms with Gasteiger partial charge in [0.1, 0.15) is 0 Å². The van der Waals surface area contributed by atoms with Crippen LogP contribution in [0.5, 0.6) is 0 Å². The van der Waals surface area contributed by atoms with Gasteiger partial charge in [-0.3, -0.25) is 4.79 Å². The van der Waals surface area contributed by atoms with E-state index in [0.717, 1.165) is 12.1 Å². The molecule has 2 rings (SSSR count). The first-order valence-corrected chi connectivity index (χ1v) is 6.05. The highest BCUT2D eigenvalue weighted by Crippen LogP contribution is 2.35. The molecule has 0 aliphatic carbocycles. The molecule has 0 bridgehead atoms. The summed E-state index contributed by atoms with van der Waals surface area (Å²) in [6.45, 7) is 1.26. The molecule has 6 heteroatoms. The summed E-state index contributed by atoms with van der Waals surface area (Å²) in [5, 5.41) is 3.11. The molecule has 1 aromatic carbocycles. The number of hydrogen-bond acceptors (Lipinski definition) is 2. The Balaban J connectivity index is 2.36. The maximum atomic E-state index is 12.5. The minimum atomic E-state index is -4.37. The van der Waals surface area contributed by atoms with Gasteiger partial charge in [-0.15, -0.1) is 0 Å². The predicted octanol–water partition coefficient (Wildman–Crippen LogP) is 1.81. The van der Waals surface area contributed by atoms with E-state index in [4.69, 9.17) is 5.73 Å². The summed E-state index contributed by atoms with van der Waals surface area (Å²) < 4.78 is 37.5. The molecule has 0 saturated carbocycles. The maximum Gasteiger partial charge on any atom is 0.416 e. The van der Waals surface area contributed by atoms with Crippen molar-refractivity contribution in [1.82, 2.24) is 5.32 Å². The summed E-state index contributed by atoms with van der Waals surface area (Å²) in [5.74, 6) is -0.478. The minimum absolute atomic E-state index is 0.478. The van der Waals surface area contributed by atoms with Gasteiger partial charge in [-0.25, -0.2) is 0 Å². The van der Waals surface area contributed by atoms with Crippen molar-refractivity contribution < 1.29 is 18.0 Å². The molecule has 104 valence electrons. The summed E-state index contributed by atoms with van der Waals surface area (Å²) in [7, 11) is 0. The van der Waals surface area contributed by atoms with Crippen LogP contribution < -0.4 is 11.1 Å². The van der Waals surface area contributed by atoms with Crippen LogP contribution in [-0.2, 0) is 16.4 Å². The Morgan fingerprint density at radius 2 is 1.68 bits per heavy atom. The van der Waals surface area contributed by atoms with Crippen molar-refractivity contribution in [2.45, 2.75) is 24.4 Å². The number of amides is 1. The molecule has 0 radical (unpaired) electrons. The van der Waals surface area contributed by atoms with E-state index < -0.39 is 23.1 Å². The first-order chi connectivity index (χ1) is 8.86. The fourth-order valence-electron chi connectivity index (χ4n) is 2.51. The van der Waals surface area contributed by atoms with Gasteiger partial charge in [0, 0.05) is 0 Å². The van der Waals surface area contributed by atoms with Crippen LogP contribution in [0.25, 0.3) is 0 Å². The third-order valence-corrected chi connectivity index (χ3v) is 3.69. The van der Waals surface area contributed by atoms with E-state index in [9.17, 15) is 18.0 Å². The number of benzene rings is 1. The quantitative estimate of drug-likeness (QED) is 0.862. The zero-order chi connectivity index (χ0) is 14.1. The molecule has 1 aromatic rings. The van der Waals surface area contributed by atoms with Crippen LogP contribution in [-0.4, -0.2) is 19.0 Å². The van der Waals surface area contributed by atoms with Crippen LogP contribution in [0.3, 0.4) is 0 Å². The third-order valence-electron chi connectivity index (χ3n) is 3.69. The topological polar surface area (TPSA) is 55.1 Å². The lowest BCUT2D eigenvalue weighted by Crippen LogP contribution is -2.48. The summed E-state index contributed by atoms with van der Waals surface area (Å²) in [4.78, 5) is 11.7. The van der Waals surface area contributed by atoms with E-state index in [1.807, 2.05) is 0 Å². The molecular formula is C13H15F3N2O. The Morgan fingerprint density at radius 1 is 1.16 bits per heavy atom. The van der Waals surface area contributed by atoms with Crippen molar-refractivity contribution in [2.75, 3.05) is 13.1 Å². The number of carbonyl (C=O) groups is 1. The smallest absolute Gasteiger partial charge is 0.369 e. The van der Waals surface area contributed by atoms with Crippen LogP contribution in [0.2, 0.25) is 0 Å². The zero-order valence-corrected chi connectivity index (χ0v) is 10.3. The Hall–Kier alpha value is -1.56. The van der Waals surface area contributed by atoms with Gasteiger partial charge in [-0.1, -0.05) is 12.1 Å². The molecule has 3 nitrogen and oxygen atoms in total. The Labute approximate surface area is 109 Å². The fourth-order valence-corrected chi connectivity index (χ4v) is 2.51. The number of nitrogens with one attached hydrogen (secondary N) is 1. The fraction of sp³-hybridized carbons (Fsp3) is 0.462. The molecule has 1 saturated heterocycles. The molecule has 0 spiro atoms. The number of rotatable bonds is 2. The SMILES string of the molecule is NC(=O)C1(c2ccc(C(F)(F)F)cc2)CCNCC1. The summed E-state index contributed by atoms with van der Waals surface area (Å²) in [6.07, 6.45) is -3.35. The summed E-state index contributed by atoms with van der Waals surface area (Å²) in [5.41, 5.74) is 4.46. The van der Waals surface area contributed by atoms with Crippen molar-refractivity contribution in [2.24, 2.45) is 5.73 Å². The van der Waals surface area contributed by atoms with Gasteiger partial charge in [-0.2, -0.15) is 13.2 Å². The van der Waals surface area contributed by atoms with Crippen LogP contribution in [0, 0.1) is 0 Å². The second-order valence-electron chi connectivity index (χ2n) is 4.77. The highest BCUT2D eigenvalue weighted by molar-refractivity contribution is 5.87. The number of piperidine rings is 1. The molecule has 0 unspecified atom stereocenters. The van der Waals surface area contributed by atoms with Gasteiger partial charge in [-0.05, 0) is 43.6 Å². The lowest BCUT2D eigenvalue weighted by molar-refractivity contribution is -0.137. The average Bonchev–Trinajstić information content (AvgIpc) is 2.38. The predicted molar refractivity (Wildman–Crippen MR) is 64.4 cm³/mol. The van der Waals surface area contributed by atoms with Gasteiger partial charge in [0.05, 0.1) is 11.0 Å². The molecule has 1 heterocycles. The monoisotopic (exact) mass is 272 g/mol. The Bertz CT molecular complexity index is 462. The van der Waals surface area contributed by atoms with E-state index >= 15 is 0 Å². The lowest BCUT2D eigenvalue weighted by atomic mass is 9.72. The standard InChI is InChI=1S/C13H15F3N2O/c14-13(15,16)10-3-1-9(2-4-10)12(11(17)19)5-7-18-8-6-12/h1-4,18H,5-8H2,(H2,17,19). The molecule has 0 aromatic heterocycles. The molecule has 0 atom stereocenters. The number of hydrogen-bond donors (Lipinski definition) is 2. The third kappa shape index (κ3) is 2.58. The van der Waals surface area contributed by atoms with Crippen molar-refractivity contribution in [3.63, 3.8) is 0 Å². The summed E-state index contributed by atoms with van der Waals surface area (Å²) in [6, 6.07) is 4.72. The van der Waals surface area contributed by atoms with Gasteiger partial charge in [0.25, 0.3) is 0 Å². The van der Waals surface area contributed by atoms with E-state index in [2.05, 4.69) is 5.32 Å². The van der Waals surface area contributed by atoms with Crippen molar-refractivity contribution in [3.05, 3.63) is 35.4 Å². The van der Waals surface area contributed by atoms with Gasteiger partial charge in [0.2, 0.25) is 5.91 Å².